The van der Waals surface area contributed by atoms with E-state index in [0.29, 0.717) is 4.90 Å². The lowest BCUT2D eigenvalue weighted by Crippen LogP contribution is -2.46. The van der Waals surface area contributed by atoms with Crippen molar-refractivity contribution >= 4 is 23.9 Å². The summed E-state index contributed by atoms with van der Waals surface area (Å²) >= 11 is 0. The van der Waals surface area contributed by atoms with Crippen LogP contribution >= 0.6 is 0 Å². The maximum absolute atomic E-state index is 11.6. The molecule has 0 aromatic rings. The van der Waals surface area contributed by atoms with Crippen LogP contribution < -0.4 is 10.6 Å². The van der Waals surface area contributed by atoms with Gasteiger partial charge in [0.2, 0.25) is 5.91 Å². The van der Waals surface area contributed by atoms with E-state index in [1.165, 1.54) is 0 Å². The van der Waals surface area contributed by atoms with Gasteiger partial charge in [0.25, 0.3) is 0 Å². The van der Waals surface area contributed by atoms with E-state index in [0.717, 1.165) is 6.42 Å². The predicted octanol–water partition coefficient (Wildman–Crippen LogP) is -0.528. The largest absolute Gasteiger partial charge is 0.480 e. The third-order valence-electron chi connectivity index (χ3n) is 2.59. The number of nitrogens with one attached hydrogen (secondary N) is 2. The Bertz CT molecular complexity index is 382. The molecule has 0 bridgehead atoms. The first kappa shape index (κ1) is 18.7. The van der Waals surface area contributed by atoms with E-state index in [1.807, 2.05) is 13.8 Å². The fraction of sp³-hybridized carbons (Fsp3) is 0.667. The van der Waals surface area contributed by atoms with Crippen molar-refractivity contribution in [1.29, 1.82) is 0 Å². The molecule has 0 fully saturated rings. The van der Waals surface area contributed by atoms with Crippen LogP contribution in [0.25, 0.3) is 0 Å². The Balaban J connectivity index is 4.21. The second kappa shape index (κ2) is 9.56. The van der Waals surface area contributed by atoms with Crippen molar-refractivity contribution in [2.24, 2.45) is 0 Å². The molecular weight excluding hydrogens is 282 g/mol. The van der Waals surface area contributed by atoms with Crippen LogP contribution in [0.5, 0.6) is 0 Å². The number of urea groups is 1. The number of nitrogens with zero attached hydrogens (tertiary/aromatic N) is 1. The van der Waals surface area contributed by atoms with Gasteiger partial charge in [0.1, 0.15) is 13.1 Å². The number of carbonyl (C=O) groups excluding carboxylic acids is 2. The van der Waals surface area contributed by atoms with Crippen LogP contribution in [0.3, 0.4) is 0 Å². The van der Waals surface area contributed by atoms with Crippen LogP contribution in [0.2, 0.25) is 0 Å². The van der Waals surface area contributed by atoms with Crippen LogP contribution in [0.15, 0.2) is 0 Å². The van der Waals surface area contributed by atoms with Gasteiger partial charge in [-0.1, -0.05) is 6.92 Å². The van der Waals surface area contributed by atoms with Gasteiger partial charge in [-0.3, -0.25) is 14.4 Å². The zero-order valence-electron chi connectivity index (χ0n) is 12.1. The minimum Gasteiger partial charge on any atom is -0.480 e. The molecule has 0 rings (SSSR count). The second-order valence-electron chi connectivity index (χ2n) is 4.50. The van der Waals surface area contributed by atoms with Gasteiger partial charge in [-0.15, -0.1) is 0 Å². The quantitative estimate of drug-likeness (QED) is 0.452. The van der Waals surface area contributed by atoms with E-state index in [4.69, 9.17) is 10.2 Å². The average molecular weight is 303 g/mol. The first-order valence-corrected chi connectivity index (χ1v) is 6.52. The standard InChI is InChI=1S/C12H21N3O6/c1-3-8(2)14-9(16)4-5-13-12(21)15(6-10(17)18)7-11(19)20/h8H,3-7H2,1-2H3,(H,13,21)(H,14,16)(H,17,18)(H,19,20). The third kappa shape index (κ3) is 9.25. The minimum absolute atomic E-state index is 0.00314. The SMILES string of the molecule is CCC(C)NC(=O)CCNC(=O)N(CC(=O)O)CC(=O)O. The van der Waals surface area contributed by atoms with Gasteiger partial charge in [0.05, 0.1) is 0 Å². The van der Waals surface area contributed by atoms with Crippen molar-refractivity contribution in [2.45, 2.75) is 32.7 Å². The first-order valence-electron chi connectivity index (χ1n) is 6.52. The van der Waals surface area contributed by atoms with Crippen molar-refractivity contribution < 1.29 is 29.4 Å². The van der Waals surface area contributed by atoms with E-state index in [-0.39, 0.29) is 24.9 Å². The Morgan fingerprint density at radius 2 is 1.62 bits per heavy atom. The fourth-order valence-corrected chi connectivity index (χ4v) is 1.37. The highest BCUT2D eigenvalue weighted by Gasteiger charge is 2.19. The minimum atomic E-state index is -1.32. The summed E-state index contributed by atoms with van der Waals surface area (Å²) in [7, 11) is 0. The molecule has 21 heavy (non-hydrogen) atoms. The van der Waals surface area contributed by atoms with Crippen LogP contribution in [-0.2, 0) is 14.4 Å². The number of carboxylic acid groups (broad SMARTS) is 2. The Kier molecular flexibility index (Phi) is 8.51. The Labute approximate surface area is 122 Å². The van der Waals surface area contributed by atoms with Gasteiger partial charge in [0, 0.05) is 19.0 Å². The van der Waals surface area contributed by atoms with Crippen molar-refractivity contribution in [3.8, 4) is 0 Å². The lowest BCUT2D eigenvalue weighted by Gasteiger charge is -2.19. The Morgan fingerprint density at radius 1 is 1.10 bits per heavy atom. The number of carbonyl (C=O) groups is 4. The monoisotopic (exact) mass is 303 g/mol. The topological polar surface area (TPSA) is 136 Å². The van der Waals surface area contributed by atoms with Gasteiger partial charge in [-0.2, -0.15) is 0 Å². The number of hydrogen-bond acceptors (Lipinski definition) is 4. The average Bonchev–Trinajstić information content (AvgIpc) is 2.36. The molecule has 0 spiro atoms. The van der Waals surface area contributed by atoms with E-state index in [9.17, 15) is 19.2 Å². The molecule has 0 saturated carbocycles. The Morgan fingerprint density at radius 3 is 2.05 bits per heavy atom. The number of carboxylic acids is 2. The number of rotatable bonds is 9. The lowest BCUT2D eigenvalue weighted by molar-refractivity contribution is -0.140. The molecule has 0 aliphatic carbocycles. The van der Waals surface area contributed by atoms with Gasteiger partial charge in [-0.05, 0) is 13.3 Å². The highest BCUT2D eigenvalue weighted by molar-refractivity contribution is 5.84. The normalized spacial score (nSPS) is 11.3. The molecule has 0 radical (unpaired) electrons. The number of aliphatic carboxylic acids is 2. The molecule has 1 atom stereocenters. The third-order valence-corrected chi connectivity index (χ3v) is 2.59. The van der Waals surface area contributed by atoms with Crippen LogP contribution in [0, 0.1) is 0 Å². The van der Waals surface area contributed by atoms with Crippen LogP contribution in [0.4, 0.5) is 4.79 Å². The molecule has 0 aromatic heterocycles. The summed E-state index contributed by atoms with van der Waals surface area (Å²) in [5.74, 6) is -2.88. The summed E-state index contributed by atoms with van der Waals surface area (Å²) in [5, 5.41) is 22.2. The summed E-state index contributed by atoms with van der Waals surface area (Å²) in [4.78, 5) is 44.8. The molecule has 9 nitrogen and oxygen atoms in total. The van der Waals surface area contributed by atoms with Gasteiger partial charge in [0.15, 0.2) is 0 Å². The van der Waals surface area contributed by atoms with E-state index in [1.54, 1.807) is 0 Å². The van der Waals surface area contributed by atoms with E-state index in [2.05, 4.69) is 10.6 Å². The second-order valence-corrected chi connectivity index (χ2v) is 4.50. The predicted molar refractivity (Wildman–Crippen MR) is 72.8 cm³/mol. The highest BCUT2D eigenvalue weighted by atomic mass is 16.4. The van der Waals surface area contributed by atoms with E-state index >= 15 is 0 Å². The Hall–Kier alpha value is -2.32. The zero-order chi connectivity index (χ0) is 16.4. The molecule has 4 N–H and O–H groups in total. The van der Waals surface area contributed by atoms with Crippen molar-refractivity contribution in [1.82, 2.24) is 15.5 Å². The molecule has 0 heterocycles. The van der Waals surface area contributed by atoms with Crippen molar-refractivity contribution in [3.05, 3.63) is 0 Å². The molecular formula is C12H21N3O6. The molecule has 9 heteroatoms. The van der Waals surface area contributed by atoms with Gasteiger partial charge >= 0.3 is 18.0 Å². The highest BCUT2D eigenvalue weighted by Crippen LogP contribution is 1.92. The van der Waals surface area contributed by atoms with E-state index < -0.39 is 31.1 Å². The summed E-state index contributed by atoms with van der Waals surface area (Å²) < 4.78 is 0. The molecule has 0 saturated heterocycles. The molecule has 120 valence electrons. The smallest absolute Gasteiger partial charge is 0.323 e. The van der Waals surface area contributed by atoms with Crippen molar-refractivity contribution in [3.63, 3.8) is 0 Å². The van der Waals surface area contributed by atoms with Gasteiger partial charge in [-0.25, -0.2) is 4.79 Å². The molecule has 0 aliphatic heterocycles. The summed E-state index contributed by atoms with van der Waals surface area (Å²) in [5.41, 5.74) is 0. The molecule has 3 amide bonds. The lowest BCUT2D eigenvalue weighted by atomic mass is 10.2. The summed E-state index contributed by atoms with van der Waals surface area (Å²) in [6.45, 7) is 2.31. The first-order chi connectivity index (χ1) is 9.76. The maximum atomic E-state index is 11.6. The molecule has 0 aromatic carbocycles. The van der Waals surface area contributed by atoms with Crippen LogP contribution in [0.1, 0.15) is 26.7 Å². The fourth-order valence-electron chi connectivity index (χ4n) is 1.37. The summed E-state index contributed by atoms with van der Waals surface area (Å²) in [6, 6.07) is -0.806. The number of amides is 3. The number of hydrogen-bond donors (Lipinski definition) is 4. The zero-order valence-corrected chi connectivity index (χ0v) is 12.1. The van der Waals surface area contributed by atoms with Crippen molar-refractivity contribution in [2.75, 3.05) is 19.6 Å². The molecule has 0 aliphatic rings. The van der Waals surface area contributed by atoms with Gasteiger partial charge < -0.3 is 25.7 Å². The summed E-state index contributed by atoms with van der Waals surface area (Å²) in [6.07, 6.45) is 0.813. The van der Waals surface area contributed by atoms with Crippen LogP contribution in [-0.4, -0.2) is 64.7 Å². The molecule has 1 unspecified atom stereocenters. The maximum Gasteiger partial charge on any atom is 0.323 e.